The molecule has 1 aromatic heterocycles. The van der Waals surface area contributed by atoms with Gasteiger partial charge in [-0.3, -0.25) is 4.90 Å². The maximum absolute atomic E-state index is 9.87. The molecule has 3 heterocycles. The fourth-order valence-corrected chi connectivity index (χ4v) is 4.10. The van der Waals surface area contributed by atoms with Crippen LogP contribution >= 0.6 is 0 Å². The maximum atomic E-state index is 9.87. The van der Waals surface area contributed by atoms with Gasteiger partial charge in [0.25, 0.3) is 0 Å². The van der Waals surface area contributed by atoms with E-state index in [4.69, 9.17) is 4.74 Å². The summed E-state index contributed by atoms with van der Waals surface area (Å²) in [6, 6.07) is 1.94. The van der Waals surface area contributed by atoms with Crippen molar-refractivity contribution in [1.29, 1.82) is 0 Å². The molecule has 4 atom stereocenters. The number of nitrogens with one attached hydrogen (secondary N) is 1. The molecule has 140 valence electrons. The summed E-state index contributed by atoms with van der Waals surface area (Å²) in [5.41, 5.74) is 0.953. The Kier molecular flexibility index (Phi) is 5.76. The molecule has 0 bridgehead atoms. The molecule has 2 aliphatic rings. The quantitative estimate of drug-likeness (QED) is 0.821. The van der Waals surface area contributed by atoms with Crippen LogP contribution in [0, 0.1) is 18.8 Å². The Balaban J connectivity index is 1.69. The number of hydrogen-bond donors (Lipinski definition) is 2. The summed E-state index contributed by atoms with van der Waals surface area (Å²) in [5, 5.41) is 13.0. The molecular formula is C18H31N5O2. The summed E-state index contributed by atoms with van der Waals surface area (Å²) in [6.07, 6.45) is 0.541. The fourth-order valence-electron chi connectivity index (χ4n) is 4.10. The lowest BCUT2D eigenvalue weighted by Crippen LogP contribution is -2.48. The molecular weight excluding hydrogens is 318 g/mol. The number of aromatic nitrogens is 2. The molecule has 3 rings (SSSR count). The maximum Gasteiger partial charge on any atom is 0.227 e. The van der Waals surface area contributed by atoms with Crippen molar-refractivity contribution < 1.29 is 9.84 Å². The molecule has 0 unspecified atom stereocenters. The van der Waals surface area contributed by atoms with Crippen LogP contribution in [0.4, 0.5) is 11.8 Å². The van der Waals surface area contributed by atoms with Gasteiger partial charge in [-0.1, -0.05) is 0 Å². The van der Waals surface area contributed by atoms with Gasteiger partial charge < -0.3 is 20.1 Å². The molecule has 2 N–H and O–H groups in total. The molecule has 0 spiro atoms. The molecule has 2 saturated heterocycles. The molecule has 7 heteroatoms. The largest absolute Gasteiger partial charge is 0.396 e. The lowest BCUT2D eigenvalue weighted by atomic mass is 9.96. The molecule has 0 amide bonds. The number of aliphatic hydroxyl groups is 1. The number of aliphatic hydroxyl groups excluding tert-OH is 1. The second-order valence-electron chi connectivity index (χ2n) is 7.53. The Morgan fingerprint density at radius 2 is 1.84 bits per heavy atom. The van der Waals surface area contributed by atoms with Gasteiger partial charge in [0.05, 0.1) is 12.2 Å². The summed E-state index contributed by atoms with van der Waals surface area (Å²) in [6.45, 7) is 11.1. The Hall–Kier alpha value is -1.44. The highest BCUT2D eigenvalue weighted by molar-refractivity contribution is 5.44. The van der Waals surface area contributed by atoms with E-state index in [0.29, 0.717) is 5.92 Å². The Labute approximate surface area is 150 Å². The monoisotopic (exact) mass is 349 g/mol. The number of anilines is 2. The average molecular weight is 349 g/mol. The molecule has 1 aromatic rings. The standard InChI is InChI=1S/C18H31N5O2/c1-12-5-17(19-4)21-18(20-12)23-9-15(16(10-23)11-24)8-22-6-13(2)25-14(3)7-22/h5,13-16,24H,6-11H2,1-4H3,(H,19,20,21)/t13-,14+,15-,16-/m1/s1. The van der Waals surface area contributed by atoms with Gasteiger partial charge in [0.2, 0.25) is 5.95 Å². The summed E-state index contributed by atoms with van der Waals surface area (Å²) in [5.74, 6) is 2.27. The van der Waals surface area contributed by atoms with Crippen LogP contribution in [0.3, 0.4) is 0 Å². The van der Waals surface area contributed by atoms with Gasteiger partial charge in [-0.05, 0) is 26.7 Å². The van der Waals surface area contributed by atoms with Crippen LogP contribution in [0.2, 0.25) is 0 Å². The Morgan fingerprint density at radius 1 is 1.16 bits per heavy atom. The normalized spacial score (nSPS) is 30.7. The summed E-state index contributed by atoms with van der Waals surface area (Å²) in [7, 11) is 1.87. The second-order valence-corrected chi connectivity index (χ2v) is 7.53. The highest BCUT2D eigenvalue weighted by atomic mass is 16.5. The van der Waals surface area contributed by atoms with Crippen molar-refractivity contribution in [3.05, 3.63) is 11.8 Å². The summed E-state index contributed by atoms with van der Waals surface area (Å²) < 4.78 is 5.83. The van der Waals surface area contributed by atoms with E-state index in [1.54, 1.807) is 0 Å². The van der Waals surface area contributed by atoms with E-state index in [0.717, 1.165) is 50.2 Å². The van der Waals surface area contributed by atoms with Gasteiger partial charge in [0, 0.05) is 64.1 Å². The fraction of sp³-hybridized carbons (Fsp3) is 0.778. The number of nitrogens with zero attached hydrogens (tertiary/aromatic N) is 4. The molecule has 25 heavy (non-hydrogen) atoms. The third-order valence-electron chi connectivity index (χ3n) is 5.18. The number of morpholine rings is 1. The first-order chi connectivity index (χ1) is 12.0. The highest BCUT2D eigenvalue weighted by Crippen LogP contribution is 2.28. The van der Waals surface area contributed by atoms with Crippen LogP contribution in [0.25, 0.3) is 0 Å². The zero-order valence-corrected chi connectivity index (χ0v) is 15.8. The van der Waals surface area contributed by atoms with Gasteiger partial charge >= 0.3 is 0 Å². The van der Waals surface area contributed by atoms with Gasteiger partial charge in [-0.25, -0.2) is 4.98 Å². The number of hydrogen-bond acceptors (Lipinski definition) is 7. The van der Waals surface area contributed by atoms with E-state index >= 15 is 0 Å². The van der Waals surface area contributed by atoms with Crippen molar-refractivity contribution in [3.8, 4) is 0 Å². The molecule has 2 aliphatic heterocycles. The average Bonchev–Trinajstić information content (AvgIpc) is 2.96. The third-order valence-corrected chi connectivity index (χ3v) is 5.18. The molecule has 0 aromatic carbocycles. The topological polar surface area (TPSA) is 73.8 Å². The van der Waals surface area contributed by atoms with Crippen molar-refractivity contribution >= 4 is 11.8 Å². The van der Waals surface area contributed by atoms with Crippen molar-refractivity contribution in [1.82, 2.24) is 14.9 Å². The van der Waals surface area contributed by atoms with E-state index in [1.165, 1.54) is 0 Å². The van der Waals surface area contributed by atoms with Crippen molar-refractivity contribution in [3.63, 3.8) is 0 Å². The first-order valence-electron chi connectivity index (χ1n) is 9.25. The smallest absolute Gasteiger partial charge is 0.227 e. The van der Waals surface area contributed by atoms with E-state index in [1.807, 2.05) is 20.0 Å². The van der Waals surface area contributed by atoms with Crippen molar-refractivity contribution in [2.45, 2.75) is 33.0 Å². The van der Waals surface area contributed by atoms with Crippen molar-refractivity contribution in [2.75, 3.05) is 56.6 Å². The first kappa shape index (κ1) is 18.4. The Morgan fingerprint density at radius 3 is 2.48 bits per heavy atom. The zero-order chi connectivity index (χ0) is 18.0. The minimum absolute atomic E-state index is 0.210. The van der Waals surface area contributed by atoms with Gasteiger partial charge in [-0.2, -0.15) is 4.98 Å². The zero-order valence-electron chi connectivity index (χ0n) is 15.8. The predicted molar refractivity (Wildman–Crippen MR) is 99.0 cm³/mol. The third kappa shape index (κ3) is 4.40. The summed E-state index contributed by atoms with van der Waals surface area (Å²) in [4.78, 5) is 13.9. The lowest BCUT2D eigenvalue weighted by Gasteiger charge is -2.37. The van der Waals surface area contributed by atoms with E-state index in [2.05, 4.69) is 38.9 Å². The predicted octanol–water partition coefficient (Wildman–Crippen LogP) is 0.981. The number of ether oxygens (including phenoxy) is 1. The molecule has 0 aliphatic carbocycles. The molecule has 7 nitrogen and oxygen atoms in total. The first-order valence-corrected chi connectivity index (χ1v) is 9.25. The van der Waals surface area contributed by atoms with Crippen LogP contribution in [-0.2, 0) is 4.74 Å². The van der Waals surface area contributed by atoms with Crippen LogP contribution in [0.15, 0.2) is 6.07 Å². The van der Waals surface area contributed by atoms with Crippen LogP contribution in [0.5, 0.6) is 0 Å². The molecule has 2 fully saturated rings. The molecule has 0 saturated carbocycles. The van der Waals surface area contributed by atoms with E-state index in [-0.39, 0.29) is 24.7 Å². The second kappa shape index (κ2) is 7.85. The van der Waals surface area contributed by atoms with Crippen LogP contribution in [0.1, 0.15) is 19.5 Å². The number of rotatable bonds is 5. The highest BCUT2D eigenvalue weighted by Gasteiger charge is 2.36. The van der Waals surface area contributed by atoms with Crippen LogP contribution in [-0.4, -0.2) is 78.6 Å². The van der Waals surface area contributed by atoms with Gasteiger partial charge in [-0.15, -0.1) is 0 Å². The SMILES string of the molecule is CNc1cc(C)nc(N2C[C@@H](CN3C[C@@H](C)O[C@@H](C)C3)[C@@H](CO)C2)n1. The van der Waals surface area contributed by atoms with Crippen LogP contribution < -0.4 is 10.2 Å². The van der Waals surface area contributed by atoms with E-state index in [9.17, 15) is 5.11 Å². The minimum Gasteiger partial charge on any atom is -0.396 e. The van der Waals surface area contributed by atoms with Gasteiger partial charge in [0.15, 0.2) is 0 Å². The van der Waals surface area contributed by atoms with Gasteiger partial charge in [0.1, 0.15) is 5.82 Å². The molecule has 0 radical (unpaired) electrons. The van der Waals surface area contributed by atoms with E-state index < -0.39 is 0 Å². The minimum atomic E-state index is 0.210. The van der Waals surface area contributed by atoms with Crippen molar-refractivity contribution in [2.24, 2.45) is 11.8 Å². The number of aryl methyl sites for hydroxylation is 1. The lowest BCUT2D eigenvalue weighted by molar-refractivity contribution is -0.0725. The Bertz CT molecular complexity index is 575. The summed E-state index contributed by atoms with van der Waals surface area (Å²) >= 11 is 0.